The highest BCUT2D eigenvalue weighted by Gasteiger charge is 2.19. The van der Waals surface area contributed by atoms with Crippen LogP contribution >= 0.6 is 0 Å². The van der Waals surface area contributed by atoms with Gasteiger partial charge >= 0.3 is 0 Å². The molecule has 0 fully saturated rings. The number of aromatic amines is 2. The van der Waals surface area contributed by atoms with E-state index in [9.17, 15) is 9.59 Å². The molecule has 0 spiro atoms. The molecular formula is C27H23N5O3. The summed E-state index contributed by atoms with van der Waals surface area (Å²) in [7, 11) is 0. The molecule has 0 saturated carbocycles. The number of H-pyrrole nitrogens is 2. The summed E-state index contributed by atoms with van der Waals surface area (Å²) in [5.41, 5.74) is 3.13. The zero-order valence-corrected chi connectivity index (χ0v) is 18.9. The first-order valence-corrected chi connectivity index (χ1v) is 11.3. The Morgan fingerprint density at radius 2 is 1.69 bits per heavy atom. The van der Waals surface area contributed by atoms with E-state index in [1.807, 2.05) is 36.4 Å². The zero-order valence-electron chi connectivity index (χ0n) is 18.9. The maximum Gasteiger partial charge on any atom is 0.192 e. The molecule has 0 saturated heterocycles. The van der Waals surface area contributed by atoms with Crippen molar-refractivity contribution in [2.24, 2.45) is 0 Å². The Morgan fingerprint density at radius 3 is 2.51 bits per heavy atom. The highest BCUT2D eigenvalue weighted by Crippen LogP contribution is 2.21. The lowest BCUT2D eigenvalue weighted by molar-refractivity contribution is 0.0978. The van der Waals surface area contributed by atoms with Gasteiger partial charge in [-0.1, -0.05) is 36.4 Å². The lowest BCUT2D eigenvalue weighted by Crippen LogP contribution is -2.11. The van der Waals surface area contributed by atoms with Crippen LogP contribution in [0, 0.1) is 0 Å². The fourth-order valence-corrected chi connectivity index (χ4v) is 3.91. The summed E-state index contributed by atoms with van der Waals surface area (Å²) in [6, 6.07) is 18.9. The Labute approximate surface area is 201 Å². The van der Waals surface area contributed by atoms with Gasteiger partial charge in [0, 0.05) is 30.6 Å². The van der Waals surface area contributed by atoms with Crippen LogP contribution in [0.1, 0.15) is 38.1 Å². The summed E-state index contributed by atoms with van der Waals surface area (Å²) in [5.74, 6) is 1.17. The van der Waals surface area contributed by atoms with Gasteiger partial charge in [-0.05, 0) is 29.8 Å². The number of nitrogens with zero attached hydrogens (tertiary/aromatic N) is 3. The van der Waals surface area contributed by atoms with Gasteiger partial charge < -0.3 is 14.7 Å². The molecule has 2 N–H and O–H groups in total. The summed E-state index contributed by atoms with van der Waals surface area (Å²) < 4.78 is 5.89. The van der Waals surface area contributed by atoms with Gasteiger partial charge in [0.25, 0.3) is 0 Å². The number of aromatic nitrogens is 5. The summed E-state index contributed by atoms with van der Waals surface area (Å²) in [5, 5.41) is 0. The van der Waals surface area contributed by atoms with Crippen LogP contribution in [-0.2, 0) is 19.3 Å². The number of carbonyl (C=O) groups excluding carboxylic acids is 2. The Kier molecular flexibility index (Phi) is 6.43. The molecule has 0 aliphatic carbocycles. The number of hydrogen-bond acceptors (Lipinski definition) is 6. The van der Waals surface area contributed by atoms with Gasteiger partial charge in [0.2, 0.25) is 0 Å². The Hall–Kier alpha value is -4.59. The fraction of sp³-hybridized carbons (Fsp3) is 0.148. The van der Waals surface area contributed by atoms with E-state index in [1.165, 1.54) is 0 Å². The smallest absolute Gasteiger partial charge is 0.192 e. The number of ether oxygens (including phenoxy) is 1. The zero-order chi connectivity index (χ0) is 24.0. The molecule has 0 unspecified atom stereocenters. The van der Waals surface area contributed by atoms with Crippen LogP contribution in [0.2, 0.25) is 0 Å². The number of rotatable bonds is 10. The van der Waals surface area contributed by atoms with Gasteiger partial charge in [0.15, 0.2) is 11.6 Å². The van der Waals surface area contributed by atoms with Crippen molar-refractivity contribution >= 4 is 22.6 Å². The van der Waals surface area contributed by atoms with Gasteiger partial charge in [-0.2, -0.15) is 0 Å². The maximum atomic E-state index is 13.1. The van der Waals surface area contributed by atoms with Crippen molar-refractivity contribution in [1.29, 1.82) is 0 Å². The molecule has 5 rings (SSSR count). The molecule has 3 heterocycles. The van der Waals surface area contributed by atoms with E-state index in [-0.39, 0.29) is 30.1 Å². The Morgan fingerprint density at radius 1 is 0.829 bits per heavy atom. The van der Waals surface area contributed by atoms with Crippen LogP contribution in [0.15, 0.2) is 79.3 Å². The van der Waals surface area contributed by atoms with Gasteiger partial charge in [-0.3, -0.25) is 9.59 Å². The second-order valence-corrected chi connectivity index (χ2v) is 8.06. The first kappa shape index (κ1) is 22.2. The highest BCUT2D eigenvalue weighted by atomic mass is 16.5. The third-order valence-corrected chi connectivity index (χ3v) is 5.60. The molecule has 0 aliphatic heterocycles. The Bertz CT molecular complexity index is 1460. The van der Waals surface area contributed by atoms with E-state index in [1.54, 1.807) is 42.9 Å². The van der Waals surface area contributed by atoms with Crippen LogP contribution in [0.4, 0.5) is 0 Å². The molecular weight excluding hydrogens is 442 g/mol. The first-order chi connectivity index (χ1) is 17.2. The second kappa shape index (κ2) is 10.1. The molecule has 0 aliphatic rings. The van der Waals surface area contributed by atoms with E-state index >= 15 is 0 Å². The molecule has 0 radical (unpaired) electrons. The van der Waals surface area contributed by atoms with Crippen LogP contribution in [0.5, 0.6) is 5.75 Å². The molecule has 35 heavy (non-hydrogen) atoms. The number of fused-ring (bicyclic) bond motifs is 1. The molecule has 5 aromatic rings. The van der Waals surface area contributed by atoms with Gasteiger partial charge in [0.05, 0.1) is 30.5 Å². The van der Waals surface area contributed by atoms with Crippen molar-refractivity contribution in [1.82, 2.24) is 24.9 Å². The molecule has 0 bridgehead atoms. The normalized spacial score (nSPS) is 11.0. The van der Waals surface area contributed by atoms with Gasteiger partial charge in [0.1, 0.15) is 23.1 Å². The van der Waals surface area contributed by atoms with Crippen LogP contribution < -0.4 is 4.74 Å². The Balaban J connectivity index is 1.30. The minimum Gasteiger partial charge on any atom is -0.491 e. The van der Waals surface area contributed by atoms with E-state index in [0.717, 1.165) is 12.0 Å². The standard InChI is InChI=1S/C27H23N5O3/c33-21(16-24-28-13-14-29-24)19-8-4-9-20-26(19)32-25(31-20)17-22(34)27-23(10-5-12-30-27)35-15-11-18-6-2-1-3-7-18/h1-10,12-14H,11,15-17H2,(H,28,29)(H,31,32). The van der Waals surface area contributed by atoms with E-state index in [4.69, 9.17) is 4.74 Å². The number of ketones is 2. The minimum atomic E-state index is -0.220. The maximum absolute atomic E-state index is 13.1. The van der Waals surface area contributed by atoms with Crippen molar-refractivity contribution < 1.29 is 14.3 Å². The predicted octanol–water partition coefficient (Wildman–Crippen LogP) is 4.15. The van der Waals surface area contributed by atoms with Crippen molar-refractivity contribution in [3.63, 3.8) is 0 Å². The second-order valence-electron chi connectivity index (χ2n) is 8.06. The lowest BCUT2D eigenvalue weighted by atomic mass is 10.1. The lowest BCUT2D eigenvalue weighted by Gasteiger charge is -2.09. The topological polar surface area (TPSA) is 114 Å². The van der Waals surface area contributed by atoms with Crippen LogP contribution in [0.3, 0.4) is 0 Å². The number of Topliss-reactive ketones (excluding diaryl/α,β-unsaturated/α-hetero) is 2. The third-order valence-electron chi connectivity index (χ3n) is 5.60. The molecule has 8 heteroatoms. The number of imidazole rings is 2. The van der Waals surface area contributed by atoms with Crippen LogP contribution in [-0.4, -0.2) is 43.1 Å². The summed E-state index contributed by atoms with van der Waals surface area (Å²) in [4.78, 5) is 45.0. The summed E-state index contributed by atoms with van der Waals surface area (Å²) in [6.07, 6.45) is 5.73. The predicted molar refractivity (Wildman–Crippen MR) is 131 cm³/mol. The minimum absolute atomic E-state index is 0.00650. The average Bonchev–Trinajstić information content (AvgIpc) is 3.54. The number of hydrogen-bond donors (Lipinski definition) is 2. The molecule has 2 aromatic carbocycles. The van der Waals surface area contributed by atoms with E-state index in [0.29, 0.717) is 40.6 Å². The number of carbonyl (C=O) groups is 2. The van der Waals surface area contributed by atoms with Gasteiger partial charge in [-0.25, -0.2) is 15.0 Å². The average molecular weight is 466 g/mol. The van der Waals surface area contributed by atoms with Gasteiger partial charge in [-0.15, -0.1) is 0 Å². The summed E-state index contributed by atoms with van der Waals surface area (Å²) >= 11 is 0. The number of pyridine rings is 1. The quantitative estimate of drug-likeness (QED) is 0.300. The number of benzene rings is 2. The molecule has 8 nitrogen and oxygen atoms in total. The number of nitrogens with one attached hydrogen (secondary N) is 2. The van der Waals surface area contributed by atoms with Crippen molar-refractivity contribution in [2.45, 2.75) is 19.3 Å². The van der Waals surface area contributed by atoms with E-state index in [2.05, 4.69) is 24.9 Å². The molecule has 0 atom stereocenters. The first-order valence-electron chi connectivity index (χ1n) is 11.3. The SMILES string of the molecule is O=C(Cc1nc2c(C(=O)Cc3ncc[nH]3)cccc2[nH]1)c1ncccc1OCCc1ccccc1. The van der Waals surface area contributed by atoms with Crippen molar-refractivity contribution in [3.05, 3.63) is 108 Å². The van der Waals surface area contributed by atoms with Crippen molar-refractivity contribution in [2.75, 3.05) is 6.61 Å². The molecule has 0 amide bonds. The summed E-state index contributed by atoms with van der Waals surface area (Å²) in [6.45, 7) is 0.432. The van der Waals surface area contributed by atoms with Crippen molar-refractivity contribution in [3.8, 4) is 5.75 Å². The van der Waals surface area contributed by atoms with Crippen LogP contribution in [0.25, 0.3) is 11.0 Å². The molecule has 3 aromatic heterocycles. The third kappa shape index (κ3) is 5.16. The molecule has 174 valence electrons. The highest BCUT2D eigenvalue weighted by molar-refractivity contribution is 6.07. The number of para-hydroxylation sites is 1. The fourth-order valence-electron chi connectivity index (χ4n) is 3.91. The van der Waals surface area contributed by atoms with E-state index < -0.39 is 0 Å². The monoisotopic (exact) mass is 465 g/mol. The largest absolute Gasteiger partial charge is 0.491 e.